The van der Waals surface area contributed by atoms with Crippen LogP contribution in [0.1, 0.15) is 32.1 Å². The van der Waals surface area contributed by atoms with E-state index < -0.39 is 0 Å². The molecular weight excluding hydrogens is 112 g/mol. The van der Waals surface area contributed by atoms with Crippen molar-refractivity contribution in [2.24, 2.45) is 5.41 Å². The van der Waals surface area contributed by atoms with Crippen LogP contribution in [0.2, 0.25) is 0 Å². The highest BCUT2D eigenvalue weighted by atomic mass is 16.6. The van der Waals surface area contributed by atoms with Gasteiger partial charge in [0.1, 0.15) is 0 Å². The molecule has 1 nitrogen and oxygen atoms in total. The summed E-state index contributed by atoms with van der Waals surface area (Å²) in [6, 6.07) is 0. The zero-order chi connectivity index (χ0) is 5.95. The number of rotatable bonds is 0. The number of hydrogen-bond acceptors (Lipinski definition) is 1. The van der Waals surface area contributed by atoms with Crippen LogP contribution in [0, 0.1) is 5.41 Å². The van der Waals surface area contributed by atoms with Gasteiger partial charge in [0.05, 0.1) is 12.2 Å². The van der Waals surface area contributed by atoms with Gasteiger partial charge in [-0.1, -0.05) is 6.42 Å². The average Bonchev–Trinajstić information content (AvgIpc) is 2.32. The molecule has 3 fully saturated rings. The fourth-order valence-electron chi connectivity index (χ4n) is 2.65. The molecule has 0 aromatic rings. The van der Waals surface area contributed by atoms with Crippen molar-refractivity contribution >= 4 is 0 Å². The smallest absolute Gasteiger partial charge is 0.0927 e. The maximum absolute atomic E-state index is 5.36. The van der Waals surface area contributed by atoms with Gasteiger partial charge in [0, 0.05) is 0 Å². The van der Waals surface area contributed by atoms with Gasteiger partial charge in [-0.15, -0.1) is 0 Å². The summed E-state index contributed by atoms with van der Waals surface area (Å²) in [5, 5.41) is 0. The van der Waals surface area contributed by atoms with E-state index in [1.54, 1.807) is 0 Å². The lowest BCUT2D eigenvalue weighted by atomic mass is 9.52. The van der Waals surface area contributed by atoms with Crippen molar-refractivity contribution in [2.45, 2.75) is 37.7 Å². The Labute approximate surface area is 55.4 Å². The molecule has 0 atom stereocenters. The predicted molar refractivity (Wildman–Crippen MR) is 34.2 cm³/mol. The van der Waals surface area contributed by atoms with Crippen molar-refractivity contribution in [3.63, 3.8) is 0 Å². The largest absolute Gasteiger partial charge is 0.370 e. The molecular formula is C8H12O. The molecule has 0 aromatic heterocycles. The van der Waals surface area contributed by atoms with Crippen molar-refractivity contribution in [3.8, 4) is 0 Å². The lowest BCUT2D eigenvalue weighted by Gasteiger charge is -2.53. The van der Waals surface area contributed by atoms with Crippen molar-refractivity contribution in [3.05, 3.63) is 0 Å². The monoisotopic (exact) mass is 124 g/mol. The number of epoxide rings is 1. The van der Waals surface area contributed by atoms with E-state index in [1.807, 2.05) is 0 Å². The third-order valence-corrected chi connectivity index (χ3v) is 3.36. The van der Waals surface area contributed by atoms with Crippen LogP contribution < -0.4 is 0 Å². The van der Waals surface area contributed by atoms with Crippen molar-refractivity contribution in [1.82, 2.24) is 0 Å². The quantitative estimate of drug-likeness (QED) is 0.448. The summed E-state index contributed by atoms with van der Waals surface area (Å²) >= 11 is 0. The van der Waals surface area contributed by atoms with Gasteiger partial charge in [-0.2, -0.15) is 0 Å². The summed E-state index contributed by atoms with van der Waals surface area (Å²) in [5.74, 6) is 0. The highest BCUT2D eigenvalue weighted by molar-refractivity contribution is 5.14. The fourth-order valence-corrected chi connectivity index (χ4v) is 2.65. The molecule has 0 unspecified atom stereocenters. The van der Waals surface area contributed by atoms with Crippen molar-refractivity contribution in [2.75, 3.05) is 6.61 Å². The molecule has 2 aliphatic carbocycles. The molecule has 1 aliphatic heterocycles. The van der Waals surface area contributed by atoms with Crippen LogP contribution in [0.3, 0.4) is 0 Å². The van der Waals surface area contributed by atoms with E-state index in [1.165, 1.54) is 32.1 Å². The third-order valence-electron chi connectivity index (χ3n) is 3.36. The first-order chi connectivity index (χ1) is 4.33. The Hall–Kier alpha value is -0.0400. The Kier molecular flexibility index (Phi) is 0.563. The molecule has 9 heavy (non-hydrogen) atoms. The summed E-state index contributed by atoms with van der Waals surface area (Å²) in [6.07, 6.45) is 7.28. The van der Waals surface area contributed by atoms with E-state index in [-0.39, 0.29) is 0 Å². The highest BCUT2D eigenvalue weighted by Gasteiger charge is 2.64. The van der Waals surface area contributed by atoms with Crippen LogP contribution in [0.25, 0.3) is 0 Å². The molecule has 2 saturated carbocycles. The minimum Gasteiger partial charge on any atom is -0.370 e. The second kappa shape index (κ2) is 1.07. The van der Waals surface area contributed by atoms with E-state index in [2.05, 4.69) is 0 Å². The van der Waals surface area contributed by atoms with Crippen LogP contribution in [0.15, 0.2) is 0 Å². The standard InChI is InChI=1S/C8H12O/c1-2-7(3-1)4-8(5-7)6-9-8/h1-6H2. The molecule has 3 rings (SSSR count). The Morgan fingerprint density at radius 1 is 1.11 bits per heavy atom. The van der Waals surface area contributed by atoms with E-state index >= 15 is 0 Å². The van der Waals surface area contributed by atoms with Gasteiger partial charge < -0.3 is 4.74 Å². The molecule has 1 heteroatoms. The molecule has 0 N–H and O–H groups in total. The Balaban J connectivity index is 1.75. The van der Waals surface area contributed by atoms with Gasteiger partial charge in [-0.05, 0) is 31.1 Å². The molecule has 0 amide bonds. The second-order valence-corrected chi connectivity index (χ2v) is 4.18. The van der Waals surface area contributed by atoms with E-state index in [0.717, 1.165) is 12.0 Å². The van der Waals surface area contributed by atoms with Crippen molar-refractivity contribution < 1.29 is 4.74 Å². The molecule has 50 valence electrons. The summed E-state index contributed by atoms with van der Waals surface area (Å²) < 4.78 is 5.36. The molecule has 0 radical (unpaired) electrons. The van der Waals surface area contributed by atoms with E-state index in [0.29, 0.717) is 5.60 Å². The van der Waals surface area contributed by atoms with Crippen LogP contribution in [-0.2, 0) is 4.74 Å². The summed E-state index contributed by atoms with van der Waals surface area (Å²) in [5.41, 5.74) is 1.27. The SMILES string of the molecule is C1CC2(C1)CC1(CO1)C2. The number of hydrogen-bond donors (Lipinski definition) is 0. The minimum absolute atomic E-state index is 0.459. The highest BCUT2D eigenvalue weighted by Crippen LogP contribution is 2.65. The Morgan fingerprint density at radius 2 is 1.78 bits per heavy atom. The van der Waals surface area contributed by atoms with Gasteiger partial charge in [-0.3, -0.25) is 0 Å². The minimum atomic E-state index is 0.459. The molecule has 1 saturated heterocycles. The van der Waals surface area contributed by atoms with Gasteiger partial charge in [0.25, 0.3) is 0 Å². The average molecular weight is 124 g/mol. The normalized spacial score (nSPS) is 40.0. The van der Waals surface area contributed by atoms with Crippen LogP contribution in [0.5, 0.6) is 0 Å². The van der Waals surface area contributed by atoms with Gasteiger partial charge in [-0.25, -0.2) is 0 Å². The van der Waals surface area contributed by atoms with Crippen molar-refractivity contribution in [1.29, 1.82) is 0 Å². The molecule has 0 bridgehead atoms. The first kappa shape index (κ1) is 4.73. The van der Waals surface area contributed by atoms with E-state index in [9.17, 15) is 0 Å². The molecule has 3 aliphatic rings. The lowest BCUT2D eigenvalue weighted by molar-refractivity contribution is -0.0438. The third kappa shape index (κ3) is 0.454. The zero-order valence-corrected chi connectivity index (χ0v) is 5.65. The summed E-state index contributed by atoms with van der Waals surface area (Å²) in [6.45, 7) is 1.08. The van der Waals surface area contributed by atoms with E-state index in [4.69, 9.17) is 4.74 Å². The maximum atomic E-state index is 5.36. The second-order valence-electron chi connectivity index (χ2n) is 4.18. The maximum Gasteiger partial charge on any atom is 0.0927 e. The van der Waals surface area contributed by atoms with Crippen LogP contribution in [-0.4, -0.2) is 12.2 Å². The van der Waals surface area contributed by atoms with Gasteiger partial charge >= 0.3 is 0 Å². The Morgan fingerprint density at radius 3 is 2.11 bits per heavy atom. The summed E-state index contributed by atoms with van der Waals surface area (Å²) in [7, 11) is 0. The topological polar surface area (TPSA) is 12.5 Å². The molecule has 2 spiro atoms. The first-order valence-electron chi connectivity index (χ1n) is 3.97. The number of ether oxygens (including phenoxy) is 1. The summed E-state index contributed by atoms with van der Waals surface area (Å²) in [4.78, 5) is 0. The first-order valence-corrected chi connectivity index (χ1v) is 3.97. The molecule has 0 aromatic carbocycles. The zero-order valence-electron chi connectivity index (χ0n) is 5.65. The van der Waals surface area contributed by atoms with Crippen LogP contribution in [0.4, 0.5) is 0 Å². The fraction of sp³-hybridized carbons (Fsp3) is 1.00. The molecule has 1 heterocycles. The Bertz CT molecular complexity index is 144. The van der Waals surface area contributed by atoms with Gasteiger partial charge in [0.15, 0.2) is 0 Å². The van der Waals surface area contributed by atoms with Gasteiger partial charge in [0.2, 0.25) is 0 Å². The lowest BCUT2D eigenvalue weighted by Crippen LogP contribution is -2.48. The van der Waals surface area contributed by atoms with Crippen LogP contribution >= 0.6 is 0 Å². The predicted octanol–water partition coefficient (Wildman–Crippen LogP) is 1.72.